The maximum Gasteiger partial charge on any atom is 0.0648 e. The van der Waals surface area contributed by atoms with Crippen LogP contribution in [0.15, 0.2) is 0 Å². The molecule has 0 bridgehead atoms. The minimum atomic E-state index is -0.171. The molecule has 0 aromatic heterocycles. The minimum Gasteiger partial charge on any atom is -0.378 e. The molecule has 0 rings (SSSR count). The van der Waals surface area contributed by atoms with Crippen molar-refractivity contribution in [3.8, 4) is 0 Å². The highest BCUT2D eigenvalue weighted by atomic mass is 31.1. The van der Waals surface area contributed by atoms with Gasteiger partial charge >= 0.3 is 0 Å². The van der Waals surface area contributed by atoms with Crippen molar-refractivity contribution < 1.29 is 18.9 Å². The van der Waals surface area contributed by atoms with E-state index in [1.165, 1.54) is 12.8 Å². The molecule has 5 atom stereocenters. The van der Waals surface area contributed by atoms with Crippen LogP contribution in [0.1, 0.15) is 93.9 Å². The van der Waals surface area contributed by atoms with Crippen molar-refractivity contribution in [2.45, 2.75) is 118 Å². The van der Waals surface area contributed by atoms with Gasteiger partial charge in [-0.1, -0.05) is 42.2 Å². The highest BCUT2D eigenvalue weighted by Crippen LogP contribution is 2.22. The Morgan fingerprint density at radius 2 is 1.41 bits per heavy atom. The van der Waals surface area contributed by atoms with Crippen LogP contribution in [0.25, 0.3) is 0 Å². The predicted molar refractivity (Wildman–Crippen MR) is 128 cm³/mol. The summed E-state index contributed by atoms with van der Waals surface area (Å²) in [6.07, 6.45) is 9.55. The monoisotopic (exact) mass is 434 g/mol. The van der Waals surface area contributed by atoms with Crippen molar-refractivity contribution >= 4 is 8.58 Å². The van der Waals surface area contributed by atoms with E-state index in [2.05, 4.69) is 55.4 Å². The fourth-order valence-electron chi connectivity index (χ4n) is 2.95. The van der Waals surface area contributed by atoms with Crippen molar-refractivity contribution in [3.63, 3.8) is 0 Å². The number of rotatable bonds is 20. The van der Waals surface area contributed by atoms with Gasteiger partial charge in [0.2, 0.25) is 0 Å². The Hall–Kier alpha value is 0.270. The highest BCUT2D eigenvalue weighted by Gasteiger charge is 2.22. The molecule has 0 saturated carbocycles. The molecular weight excluding hydrogens is 383 g/mol. The van der Waals surface area contributed by atoms with Crippen molar-refractivity contribution in [2.24, 2.45) is 5.92 Å². The van der Waals surface area contributed by atoms with Gasteiger partial charge < -0.3 is 18.9 Å². The van der Waals surface area contributed by atoms with Gasteiger partial charge in [0.25, 0.3) is 0 Å². The van der Waals surface area contributed by atoms with Crippen LogP contribution in [0.3, 0.4) is 0 Å². The van der Waals surface area contributed by atoms with E-state index in [0.29, 0.717) is 24.2 Å². The Balaban J connectivity index is 4.34. The van der Waals surface area contributed by atoms with Gasteiger partial charge in [-0.25, -0.2) is 0 Å². The summed E-state index contributed by atoms with van der Waals surface area (Å²) in [6, 6.07) is 0. The van der Waals surface area contributed by atoms with Gasteiger partial charge in [-0.3, -0.25) is 0 Å². The van der Waals surface area contributed by atoms with Crippen molar-refractivity contribution in [1.29, 1.82) is 0 Å². The van der Waals surface area contributed by atoms with E-state index >= 15 is 0 Å². The van der Waals surface area contributed by atoms with Gasteiger partial charge in [-0.15, -0.1) is 0 Å². The molecule has 5 heteroatoms. The maximum atomic E-state index is 6.32. The first kappa shape index (κ1) is 29.3. The van der Waals surface area contributed by atoms with Crippen LogP contribution in [0, 0.1) is 5.92 Å². The molecule has 0 aliphatic heterocycles. The van der Waals surface area contributed by atoms with E-state index in [9.17, 15) is 0 Å². The normalized spacial score (nSPS) is 17.0. The minimum absolute atomic E-state index is 0.171. The molecule has 0 N–H and O–H groups in total. The Labute approximate surface area is 184 Å². The highest BCUT2D eigenvalue weighted by molar-refractivity contribution is 7.37. The summed E-state index contributed by atoms with van der Waals surface area (Å²) in [4.78, 5) is 0. The van der Waals surface area contributed by atoms with E-state index in [-0.39, 0.29) is 5.60 Å². The molecule has 0 aromatic carbocycles. The lowest BCUT2D eigenvalue weighted by Gasteiger charge is -2.29. The molecule has 0 aromatic rings. The number of hydrogen-bond acceptors (Lipinski definition) is 4. The van der Waals surface area contributed by atoms with Gasteiger partial charge in [0.15, 0.2) is 0 Å². The Kier molecular flexibility index (Phi) is 18.1. The van der Waals surface area contributed by atoms with Gasteiger partial charge in [-0.2, -0.15) is 0 Å². The topological polar surface area (TPSA) is 36.9 Å². The number of hydrogen-bond donors (Lipinski definition) is 0. The van der Waals surface area contributed by atoms with Crippen LogP contribution in [0.2, 0.25) is 0 Å². The lowest BCUT2D eigenvalue weighted by atomic mass is 10.1. The Bertz CT molecular complexity index is 365. The van der Waals surface area contributed by atoms with Crippen molar-refractivity contribution in [3.05, 3.63) is 0 Å². The molecule has 0 aliphatic carbocycles. The molecule has 0 spiro atoms. The average molecular weight is 435 g/mol. The van der Waals surface area contributed by atoms with E-state index < -0.39 is 0 Å². The molecule has 0 aliphatic rings. The van der Waals surface area contributed by atoms with Crippen LogP contribution in [0.5, 0.6) is 0 Å². The summed E-state index contributed by atoms with van der Waals surface area (Å²) in [7, 11) is 0.797. The quantitative estimate of drug-likeness (QED) is 0.159. The van der Waals surface area contributed by atoms with Crippen molar-refractivity contribution in [1.82, 2.24) is 0 Å². The standard InChI is InChI=1S/C24H51O4P/c1-9-12-21(5)25-15-14-24(7,8)28-17-23(16-26-20(4)11-3)18-29-19-27-22(6)13-10-2/h20-23,29H,9-19H2,1-8H3. The van der Waals surface area contributed by atoms with Gasteiger partial charge in [-0.05, 0) is 66.5 Å². The Morgan fingerprint density at radius 1 is 0.793 bits per heavy atom. The molecule has 0 saturated heterocycles. The molecule has 5 unspecified atom stereocenters. The summed E-state index contributed by atoms with van der Waals surface area (Å²) >= 11 is 0. The predicted octanol–water partition coefficient (Wildman–Crippen LogP) is 6.65. The summed E-state index contributed by atoms with van der Waals surface area (Å²) in [5.41, 5.74) is -0.171. The average Bonchev–Trinajstić information content (AvgIpc) is 2.66. The maximum absolute atomic E-state index is 6.32. The molecular formula is C24H51O4P. The van der Waals surface area contributed by atoms with E-state index in [1.54, 1.807) is 0 Å². The molecule has 29 heavy (non-hydrogen) atoms. The fourth-order valence-corrected chi connectivity index (χ4v) is 4.11. The second kappa shape index (κ2) is 17.9. The van der Waals surface area contributed by atoms with E-state index in [1.807, 2.05) is 0 Å². The molecule has 176 valence electrons. The third-order valence-corrected chi connectivity index (χ3v) is 6.54. The van der Waals surface area contributed by atoms with Gasteiger partial charge in [0.05, 0.1) is 43.5 Å². The zero-order valence-corrected chi connectivity index (χ0v) is 21.7. The Morgan fingerprint density at radius 3 is 2.00 bits per heavy atom. The molecule has 0 heterocycles. The van der Waals surface area contributed by atoms with Crippen LogP contribution in [-0.2, 0) is 18.9 Å². The molecule has 0 amide bonds. The summed E-state index contributed by atoms with van der Waals surface area (Å²) < 4.78 is 24.2. The van der Waals surface area contributed by atoms with Crippen LogP contribution >= 0.6 is 8.58 Å². The second-order valence-corrected chi connectivity index (χ2v) is 10.3. The van der Waals surface area contributed by atoms with Crippen LogP contribution < -0.4 is 0 Å². The van der Waals surface area contributed by atoms with E-state index in [4.69, 9.17) is 18.9 Å². The SMILES string of the molecule is CCCC(C)OCCC(C)(C)OCC(COC(C)CC)CPCOC(C)CCC. The summed E-state index contributed by atoms with van der Waals surface area (Å²) in [5.74, 6) is 0.423. The first-order valence-corrected chi connectivity index (χ1v) is 13.3. The fraction of sp³-hybridized carbons (Fsp3) is 1.00. The van der Waals surface area contributed by atoms with Crippen LogP contribution in [0.4, 0.5) is 0 Å². The van der Waals surface area contributed by atoms with Gasteiger partial charge in [0, 0.05) is 12.5 Å². The van der Waals surface area contributed by atoms with Gasteiger partial charge in [0.1, 0.15) is 0 Å². The zero-order chi connectivity index (χ0) is 22.1. The summed E-state index contributed by atoms with van der Waals surface area (Å²) in [6.45, 7) is 19.7. The van der Waals surface area contributed by atoms with Crippen LogP contribution in [-0.4, -0.2) is 56.2 Å². The summed E-state index contributed by atoms with van der Waals surface area (Å²) in [5, 5.41) is 0. The van der Waals surface area contributed by atoms with Crippen molar-refractivity contribution in [2.75, 3.05) is 32.3 Å². The lowest BCUT2D eigenvalue weighted by molar-refractivity contribution is -0.0724. The third kappa shape index (κ3) is 17.6. The molecule has 4 nitrogen and oxygen atoms in total. The smallest absolute Gasteiger partial charge is 0.0648 e. The number of ether oxygens (including phenoxy) is 4. The molecule has 0 fully saturated rings. The third-order valence-electron chi connectivity index (χ3n) is 5.30. The lowest BCUT2D eigenvalue weighted by Crippen LogP contribution is -2.32. The second-order valence-electron chi connectivity index (χ2n) is 9.07. The largest absolute Gasteiger partial charge is 0.378 e. The zero-order valence-electron chi connectivity index (χ0n) is 20.7. The molecule has 0 radical (unpaired) electrons. The first-order chi connectivity index (χ1) is 13.7. The first-order valence-electron chi connectivity index (χ1n) is 11.9. The van der Waals surface area contributed by atoms with E-state index in [0.717, 1.165) is 66.6 Å².